The molecule has 7 nitrogen and oxygen atoms in total. The number of nitrogens with zero attached hydrogens (tertiary/aromatic N) is 5. The van der Waals surface area contributed by atoms with Gasteiger partial charge in [-0.25, -0.2) is 13.1 Å². The zero-order valence-electron chi connectivity index (χ0n) is 24.1. The topological polar surface area (TPSA) is 61.7 Å². The summed E-state index contributed by atoms with van der Waals surface area (Å²) in [5, 5.41) is 6.94. The molecule has 1 aromatic heterocycles. The molecule has 40 heavy (non-hydrogen) atoms. The van der Waals surface area contributed by atoms with Crippen LogP contribution in [0.5, 0.6) is 0 Å². The number of rotatable bonds is 10. The van der Waals surface area contributed by atoms with Crippen LogP contribution < -0.4 is 4.90 Å². The van der Waals surface area contributed by atoms with Gasteiger partial charge in [-0.2, -0.15) is 9.40 Å². The van der Waals surface area contributed by atoms with Gasteiger partial charge in [0.05, 0.1) is 16.3 Å². The summed E-state index contributed by atoms with van der Waals surface area (Å²) in [5.41, 5.74) is 2.82. The maximum atomic E-state index is 14.2. The maximum Gasteiger partial charge on any atom is 0.243 e. The van der Waals surface area contributed by atoms with Crippen molar-refractivity contribution in [2.75, 3.05) is 44.2 Å². The van der Waals surface area contributed by atoms with E-state index in [9.17, 15) is 8.42 Å². The zero-order valence-corrected chi connectivity index (χ0v) is 24.9. The highest BCUT2D eigenvalue weighted by atomic mass is 32.2. The monoisotopic (exact) mass is 559 g/mol. The van der Waals surface area contributed by atoms with E-state index in [0.717, 1.165) is 72.7 Å². The lowest BCUT2D eigenvalue weighted by Gasteiger charge is -2.36. The second-order valence-electron chi connectivity index (χ2n) is 11.1. The Hall–Kier alpha value is -3.20. The van der Waals surface area contributed by atoms with Crippen molar-refractivity contribution in [3.05, 3.63) is 84.1 Å². The van der Waals surface area contributed by atoms with E-state index in [2.05, 4.69) is 42.7 Å². The van der Waals surface area contributed by atoms with E-state index in [4.69, 9.17) is 5.10 Å². The summed E-state index contributed by atoms with van der Waals surface area (Å²) >= 11 is 0. The first-order valence-corrected chi connectivity index (χ1v) is 15.8. The molecule has 1 aliphatic rings. The van der Waals surface area contributed by atoms with E-state index in [1.54, 1.807) is 16.4 Å². The van der Waals surface area contributed by atoms with Gasteiger partial charge in [0.15, 0.2) is 0 Å². The van der Waals surface area contributed by atoms with Gasteiger partial charge in [0.25, 0.3) is 0 Å². The molecule has 0 atom stereocenters. The average Bonchev–Trinajstić information content (AvgIpc) is 3.30. The number of aromatic nitrogens is 2. The van der Waals surface area contributed by atoms with Crippen molar-refractivity contribution in [1.82, 2.24) is 19.0 Å². The highest BCUT2D eigenvalue weighted by Gasteiger charge is 2.31. The molecule has 0 radical (unpaired) electrons. The molecule has 0 aliphatic carbocycles. The second-order valence-corrected chi connectivity index (χ2v) is 13.0. The minimum Gasteiger partial charge on any atom is -0.354 e. The number of piperazine rings is 1. The molecule has 1 saturated heterocycles. The molecule has 212 valence electrons. The van der Waals surface area contributed by atoms with Crippen molar-refractivity contribution in [2.45, 2.75) is 45.6 Å². The number of hydrogen-bond acceptors (Lipinski definition) is 5. The number of para-hydroxylation sites is 1. The van der Waals surface area contributed by atoms with Crippen molar-refractivity contribution < 1.29 is 8.42 Å². The largest absolute Gasteiger partial charge is 0.354 e. The Balaban J connectivity index is 1.57. The van der Waals surface area contributed by atoms with Gasteiger partial charge in [-0.15, -0.1) is 0 Å². The summed E-state index contributed by atoms with van der Waals surface area (Å²) in [7, 11) is -3.75. The minimum absolute atomic E-state index is 0.282. The summed E-state index contributed by atoms with van der Waals surface area (Å²) in [4.78, 5) is 5.17. The van der Waals surface area contributed by atoms with Crippen LogP contribution in [0, 0.1) is 12.8 Å². The fourth-order valence-corrected chi connectivity index (χ4v) is 6.88. The van der Waals surface area contributed by atoms with Crippen molar-refractivity contribution in [3.63, 3.8) is 0 Å². The van der Waals surface area contributed by atoms with Gasteiger partial charge in [-0.1, -0.05) is 69.3 Å². The van der Waals surface area contributed by atoms with E-state index >= 15 is 0 Å². The molecule has 2 heterocycles. The standard InChI is InChI=1S/C32H41N5O2S/c1-5-34-19-21-35(22-20-34)32-31(26(4)33-37(32)29-13-7-6-8-14-29)24-36(18-17-25(2)3)40(38,39)30-16-15-27-11-9-10-12-28(27)23-30/h6-16,23,25H,5,17-22,24H2,1-4H3. The molecule has 8 heteroatoms. The van der Waals surface area contributed by atoms with Crippen LogP contribution in [0.1, 0.15) is 38.4 Å². The molecule has 4 aromatic rings. The van der Waals surface area contributed by atoms with E-state index in [0.29, 0.717) is 17.4 Å². The van der Waals surface area contributed by atoms with Crippen LogP contribution in [-0.2, 0) is 16.6 Å². The molecule has 0 bridgehead atoms. The molecule has 0 N–H and O–H groups in total. The number of anilines is 1. The number of aryl methyl sites for hydroxylation is 1. The smallest absolute Gasteiger partial charge is 0.243 e. The van der Waals surface area contributed by atoms with Crippen molar-refractivity contribution in [2.24, 2.45) is 5.92 Å². The highest BCUT2D eigenvalue weighted by molar-refractivity contribution is 7.89. The van der Waals surface area contributed by atoms with Crippen LogP contribution in [-0.4, -0.2) is 66.7 Å². The number of sulfonamides is 1. The number of hydrogen-bond donors (Lipinski definition) is 0. The molecule has 1 fully saturated rings. The Bertz CT molecular complexity index is 1540. The molecule has 1 aliphatic heterocycles. The third kappa shape index (κ3) is 5.94. The van der Waals surface area contributed by atoms with Crippen LogP contribution in [0.3, 0.4) is 0 Å². The first kappa shape index (κ1) is 28.3. The highest BCUT2D eigenvalue weighted by Crippen LogP contribution is 2.32. The number of likely N-dealkylation sites (N-methyl/N-ethyl adjacent to an activating group) is 1. The Kier molecular flexibility index (Phi) is 8.59. The number of fused-ring (bicyclic) bond motifs is 1. The fraction of sp³-hybridized carbons (Fsp3) is 0.406. The lowest BCUT2D eigenvalue weighted by Crippen LogP contribution is -2.47. The van der Waals surface area contributed by atoms with Gasteiger partial charge in [-0.3, -0.25) is 0 Å². The van der Waals surface area contributed by atoms with E-state index in [1.165, 1.54) is 0 Å². The SMILES string of the molecule is CCN1CCN(c2c(CN(CCC(C)C)S(=O)(=O)c3ccc4ccccc4c3)c(C)nn2-c2ccccc2)CC1. The third-order valence-corrected chi connectivity index (χ3v) is 9.77. The quantitative estimate of drug-likeness (QED) is 0.249. The van der Waals surface area contributed by atoms with Gasteiger partial charge in [-0.05, 0) is 60.8 Å². The summed E-state index contributed by atoms with van der Waals surface area (Å²) in [5.74, 6) is 1.38. The first-order valence-electron chi connectivity index (χ1n) is 14.4. The van der Waals surface area contributed by atoms with E-state index in [1.807, 2.05) is 60.1 Å². The predicted octanol–water partition coefficient (Wildman–Crippen LogP) is 5.71. The maximum absolute atomic E-state index is 14.2. The Morgan fingerprint density at radius 2 is 1.57 bits per heavy atom. The summed E-state index contributed by atoms with van der Waals surface area (Å²) in [6, 6.07) is 23.5. The minimum atomic E-state index is -3.75. The summed E-state index contributed by atoms with van der Waals surface area (Å²) in [6.07, 6.45) is 0.781. The van der Waals surface area contributed by atoms with Crippen LogP contribution in [0.4, 0.5) is 5.82 Å². The van der Waals surface area contributed by atoms with Crippen LogP contribution in [0.25, 0.3) is 16.5 Å². The lowest BCUT2D eigenvalue weighted by atomic mass is 10.1. The van der Waals surface area contributed by atoms with Gasteiger partial charge in [0.2, 0.25) is 10.0 Å². The zero-order chi connectivity index (χ0) is 28.3. The second kappa shape index (κ2) is 12.1. The molecule has 5 rings (SSSR count). The predicted molar refractivity (Wildman–Crippen MR) is 164 cm³/mol. The number of benzene rings is 3. The summed E-state index contributed by atoms with van der Waals surface area (Å²) in [6.45, 7) is 13.9. The van der Waals surface area contributed by atoms with Gasteiger partial charge < -0.3 is 9.80 Å². The fourth-order valence-electron chi connectivity index (χ4n) is 5.42. The Morgan fingerprint density at radius 3 is 2.25 bits per heavy atom. The molecular weight excluding hydrogens is 518 g/mol. The molecule has 0 saturated carbocycles. The lowest BCUT2D eigenvalue weighted by molar-refractivity contribution is 0.269. The van der Waals surface area contributed by atoms with E-state index in [-0.39, 0.29) is 6.54 Å². The first-order chi connectivity index (χ1) is 19.3. The molecule has 0 amide bonds. The average molecular weight is 560 g/mol. The van der Waals surface area contributed by atoms with E-state index < -0.39 is 10.0 Å². The van der Waals surface area contributed by atoms with Crippen LogP contribution >= 0.6 is 0 Å². The van der Waals surface area contributed by atoms with Crippen molar-refractivity contribution >= 4 is 26.6 Å². The third-order valence-electron chi connectivity index (χ3n) is 7.93. The molecule has 3 aromatic carbocycles. The van der Waals surface area contributed by atoms with Crippen molar-refractivity contribution in [3.8, 4) is 5.69 Å². The van der Waals surface area contributed by atoms with Crippen LogP contribution in [0.15, 0.2) is 77.7 Å². The van der Waals surface area contributed by atoms with Crippen LogP contribution in [0.2, 0.25) is 0 Å². The Morgan fingerprint density at radius 1 is 0.900 bits per heavy atom. The van der Waals surface area contributed by atoms with Gasteiger partial charge >= 0.3 is 0 Å². The molecule has 0 spiro atoms. The van der Waals surface area contributed by atoms with Gasteiger partial charge in [0, 0.05) is 44.8 Å². The summed E-state index contributed by atoms with van der Waals surface area (Å²) < 4.78 is 32.1. The Labute approximate surface area is 239 Å². The molecule has 0 unspecified atom stereocenters. The molecular formula is C32H41N5O2S. The normalized spacial score (nSPS) is 15.0. The van der Waals surface area contributed by atoms with Gasteiger partial charge in [0.1, 0.15) is 5.82 Å². The van der Waals surface area contributed by atoms with Crippen molar-refractivity contribution in [1.29, 1.82) is 0 Å².